The quantitative estimate of drug-likeness (QED) is 0.925. The molecule has 16 heavy (non-hydrogen) atoms. The Kier molecular flexibility index (Phi) is 3.26. The van der Waals surface area contributed by atoms with Gasteiger partial charge in [0, 0.05) is 10.5 Å². The van der Waals surface area contributed by atoms with Crippen molar-refractivity contribution in [2.45, 2.75) is 0 Å². The average molecular weight is 302 g/mol. The molecule has 1 aromatic heterocycles. The molecule has 0 atom stereocenters. The van der Waals surface area contributed by atoms with Crippen LogP contribution in [-0.4, -0.2) is 11.1 Å². The number of nitrogens with one attached hydrogen (secondary N) is 1. The van der Waals surface area contributed by atoms with Gasteiger partial charge in [0.2, 0.25) is 0 Å². The van der Waals surface area contributed by atoms with Crippen LogP contribution in [0, 0.1) is 0 Å². The molecule has 0 fully saturated rings. The Hall–Kier alpha value is -1.33. The number of hydrogen-bond acceptors (Lipinski definition) is 3. The number of hydrogen-bond donors (Lipinski definition) is 1. The van der Waals surface area contributed by atoms with Crippen LogP contribution in [0.5, 0.6) is 0 Å². The highest BCUT2D eigenvalue weighted by Crippen LogP contribution is 2.25. The normalized spacial score (nSPS) is 10.1. The molecule has 0 aliphatic rings. The maximum Gasteiger partial charge on any atom is 0.277 e. The van der Waals surface area contributed by atoms with Crippen molar-refractivity contribution in [3.05, 3.63) is 45.7 Å². The predicted molar refractivity (Wildman–Crippen MR) is 63.6 cm³/mol. The molecular formula is C10H6BrClN2O2. The van der Waals surface area contributed by atoms with E-state index in [0.717, 1.165) is 4.47 Å². The molecule has 0 saturated carbocycles. The molecule has 4 nitrogen and oxygen atoms in total. The van der Waals surface area contributed by atoms with Crippen LogP contribution in [0.3, 0.4) is 0 Å². The molecule has 2 rings (SSSR count). The fourth-order valence-corrected chi connectivity index (χ4v) is 1.64. The lowest BCUT2D eigenvalue weighted by atomic mass is 10.3. The largest absolute Gasteiger partial charge is 0.364 e. The number of nitrogens with zero attached hydrogens (tertiary/aromatic N) is 1. The van der Waals surface area contributed by atoms with Crippen LogP contribution < -0.4 is 5.32 Å². The minimum atomic E-state index is -0.367. The first-order valence-corrected chi connectivity index (χ1v) is 5.50. The van der Waals surface area contributed by atoms with Crippen molar-refractivity contribution in [3.63, 3.8) is 0 Å². The third-order valence-electron chi connectivity index (χ3n) is 1.85. The average Bonchev–Trinajstić information content (AvgIpc) is 2.76. The maximum atomic E-state index is 11.6. The summed E-state index contributed by atoms with van der Waals surface area (Å²) in [6.07, 6.45) is 1.33. The van der Waals surface area contributed by atoms with Crippen molar-refractivity contribution in [3.8, 4) is 0 Å². The lowest BCUT2D eigenvalue weighted by Gasteiger charge is -2.05. The van der Waals surface area contributed by atoms with Crippen LogP contribution in [0.4, 0.5) is 5.69 Å². The van der Waals surface area contributed by atoms with E-state index in [0.29, 0.717) is 10.7 Å². The second-order valence-corrected chi connectivity index (χ2v) is 4.29. The zero-order chi connectivity index (χ0) is 11.5. The van der Waals surface area contributed by atoms with Crippen molar-refractivity contribution >= 4 is 39.1 Å². The molecule has 0 unspecified atom stereocenters. The summed E-state index contributed by atoms with van der Waals surface area (Å²) < 4.78 is 5.40. The van der Waals surface area contributed by atoms with Gasteiger partial charge in [-0.2, -0.15) is 0 Å². The summed E-state index contributed by atoms with van der Waals surface area (Å²) in [6, 6.07) is 6.65. The zero-order valence-electron chi connectivity index (χ0n) is 7.91. The molecule has 6 heteroatoms. The third kappa shape index (κ3) is 2.43. The highest BCUT2D eigenvalue weighted by molar-refractivity contribution is 9.10. The molecule has 0 spiro atoms. The van der Waals surface area contributed by atoms with Crippen LogP contribution in [0.2, 0.25) is 5.02 Å². The lowest BCUT2D eigenvalue weighted by molar-refractivity contribution is 0.101. The Morgan fingerprint density at radius 2 is 2.25 bits per heavy atom. The van der Waals surface area contributed by atoms with E-state index < -0.39 is 0 Å². The molecule has 0 aliphatic carbocycles. The minimum absolute atomic E-state index is 0.205. The fourth-order valence-electron chi connectivity index (χ4n) is 1.11. The summed E-state index contributed by atoms with van der Waals surface area (Å²) in [7, 11) is 0. The van der Waals surface area contributed by atoms with Crippen molar-refractivity contribution in [1.82, 2.24) is 5.16 Å². The number of amides is 1. The summed E-state index contributed by atoms with van der Waals surface area (Å²) in [4.78, 5) is 11.6. The van der Waals surface area contributed by atoms with Gasteiger partial charge < -0.3 is 9.84 Å². The zero-order valence-corrected chi connectivity index (χ0v) is 10.2. The van der Waals surface area contributed by atoms with Crippen LogP contribution in [0.1, 0.15) is 10.5 Å². The Morgan fingerprint density at radius 1 is 1.44 bits per heavy atom. The number of rotatable bonds is 2. The van der Waals surface area contributed by atoms with Gasteiger partial charge in [-0.25, -0.2) is 0 Å². The van der Waals surface area contributed by atoms with Crippen LogP contribution in [-0.2, 0) is 0 Å². The van der Waals surface area contributed by atoms with E-state index in [4.69, 9.17) is 11.6 Å². The summed E-state index contributed by atoms with van der Waals surface area (Å²) in [6.45, 7) is 0. The number of benzene rings is 1. The van der Waals surface area contributed by atoms with Gasteiger partial charge >= 0.3 is 0 Å². The lowest BCUT2D eigenvalue weighted by Crippen LogP contribution is -2.12. The second kappa shape index (κ2) is 4.67. The van der Waals surface area contributed by atoms with Gasteiger partial charge in [0.15, 0.2) is 5.69 Å². The molecule has 1 heterocycles. The molecule has 0 bridgehead atoms. The van der Waals surface area contributed by atoms with Gasteiger partial charge in [-0.05, 0) is 18.2 Å². The first kappa shape index (κ1) is 11.2. The highest BCUT2D eigenvalue weighted by Gasteiger charge is 2.11. The van der Waals surface area contributed by atoms with E-state index in [1.54, 1.807) is 18.2 Å². The van der Waals surface area contributed by atoms with Crippen molar-refractivity contribution in [2.24, 2.45) is 0 Å². The van der Waals surface area contributed by atoms with Crippen LogP contribution >= 0.6 is 27.5 Å². The smallest absolute Gasteiger partial charge is 0.277 e. The minimum Gasteiger partial charge on any atom is -0.364 e. The van der Waals surface area contributed by atoms with Crippen LogP contribution in [0.25, 0.3) is 0 Å². The number of carbonyl (C=O) groups excluding carboxylic acids is 1. The monoisotopic (exact) mass is 300 g/mol. The van der Waals surface area contributed by atoms with E-state index in [2.05, 4.69) is 30.9 Å². The Bertz CT molecular complexity index is 514. The molecule has 1 aromatic carbocycles. The Balaban J connectivity index is 2.21. The maximum absolute atomic E-state index is 11.6. The van der Waals surface area contributed by atoms with E-state index in [1.807, 2.05) is 0 Å². The molecule has 2 aromatic rings. The number of aromatic nitrogens is 1. The van der Waals surface area contributed by atoms with Gasteiger partial charge in [-0.1, -0.05) is 32.7 Å². The summed E-state index contributed by atoms with van der Waals surface area (Å²) in [5, 5.41) is 6.61. The number of anilines is 1. The first-order chi connectivity index (χ1) is 7.66. The second-order valence-electron chi connectivity index (χ2n) is 2.96. The fraction of sp³-hybridized carbons (Fsp3) is 0. The van der Waals surface area contributed by atoms with E-state index in [-0.39, 0.29) is 11.6 Å². The number of carbonyl (C=O) groups is 1. The molecule has 1 N–H and O–H groups in total. The summed E-state index contributed by atoms with van der Waals surface area (Å²) in [5.74, 6) is -0.367. The summed E-state index contributed by atoms with van der Waals surface area (Å²) >= 11 is 9.21. The molecular weight excluding hydrogens is 295 g/mol. The van der Waals surface area contributed by atoms with Gasteiger partial charge in [0.05, 0.1) is 10.7 Å². The van der Waals surface area contributed by atoms with Crippen molar-refractivity contribution < 1.29 is 9.32 Å². The third-order valence-corrected chi connectivity index (χ3v) is 2.67. The topological polar surface area (TPSA) is 55.1 Å². The molecule has 0 radical (unpaired) electrons. The number of halogens is 2. The SMILES string of the molecule is O=C(Nc1cc(Br)ccc1Cl)c1ccon1. The molecule has 82 valence electrons. The predicted octanol–water partition coefficient (Wildman–Crippen LogP) is 3.34. The van der Waals surface area contributed by atoms with Crippen molar-refractivity contribution in [1.29, 1.82) is 0 Å². The van der Waals surface area contributed by atoms with Crippen LogP contribution in [0.15, 0.2) is 39.5 Å². The summed E-state index contributed by atoms with van der Waals surface area (Å²) in [5.41, 5.74) is 0.722. The Labute approximate surface area is 105 Å². The standard InChI is InChI=1S/C10H6BrClN2O2/c11-6-1-2-7(12)9(5-6)13-10(15)8-3-4-16-14-8/h1-5H,(H,13,15). The highest BCUT2D eigenvalue weighted by atomic mass is 79.9. The van der Waals surface area contributed by atoms with Gasteiger partial charge in [-0.15, -0.1) is 0 Å². The molecule has 0 aliphatic heterocycles. The first-order valence-electron chi connectivity index (χ1n) is 4.33. The van der Waals surface area contributed by atoms with Gasteiger partial charge in [0.25, 0.3) is 5.91 Å². The van der Waals surface area contributed by atoms with Gasteiger partial charge in [0.1, 0.15) is 6.26 Å². The molecule has 0 saturated heterocycles. The van der Waals surface area contributed by atoms with Crippen molar-refractivity contribution in [2.75, 3.05) is 5.32 Å². The van der Waals surface area contributed by atoms with Gasteiger partial charge in [-0.3, -0.25) is 4.79 Å². The van der Waals surface area contributed by atoms with E-state index >= 15 is 0 Å². The van der Waals surface area contributed by atoms with E-state index in [1.165, 1.54) is 12.3 Å². The van der Waals surface area contributed by atoms with E-state index in [9.17, 15) is 4.79 Å². The molecule has 1 amide bonds. The Morgan fingerprint density at radius 3 is 2.94 bits per heavy atom.